The molecule has 0 aliphatic rings. The lowest BCUT2D eigenvalue weighted by Crippen LogP contribution is -2.03. The highest BCUT2D eigenvalue weighted by molar-refractivity contribution is 6.02. The van der Waals surface area contributed by atoms with Gasteiger partial charge in [-0.1, -0.05) is 0 Å². The second-order valence-electron chi connectivity index (χ2n) is 3.24. The molecule has 2 aromatic rings. The van der Waals surface area contributed by atoms with Crippen LogP contribution in [0.1, 0.15) is 10.5 Å². The topological polar surface area (TPSA) is 70.1 Å². The molecule has 5 heteroatoms. The molecule has 2 rings (SSSR count). The smallest absolute Gasteiger partial charge is 0.359 e. The summed E-state index contributed by atoms with van der Waals surface area (Å²) in [5.74, 6) is -0.439. The Hall–Kier alpha value is -2.04. The molecule has 0 spiro atoms. The van der Waals surface area contributed by atoms with Gasteiger partial charge in [-0.25, -0.2) is 4.79 Å². The summed E-state index contributed by atoms with van der Waals surface area (Å²) in [6.07, 6.45) is 0. The summed E-state index contributed by atoms with van der Waals surface area (Å²) in [7, 11) is 3.09. The molecular weight excluding hydrogens is 194 g/mol. The van der Waals surface area contributed by atoms with Crippen LogP contribution in [0.2, 0.25) is 0 Å². The van der Waals surface area contributed by atoms with E-state index in [1.54, 1.807) is 29.9 Å². The number of methoxy groups -OCH3 is 1. The van der Waals surface area contributed by atoms with E-state index in [-0.39, 0.29) is 0 Å². The third-order valence-electron chi connectivity index (χ3n) is 2.25. The molecule has 1 aromatic heterocycles. The van der Waals surface area contributed by atoms with Crippen LogP contribution in [0.4, 0.5) is 5.69 Å². The number of carbonyl (C=O) groups excluding carboxylic acids is 1. The number of nitrogens with zero attached hydrogens (tertiary/aromatic N) is 2. The van der Waals surface area contributed by atoms with E-state index in [1.807, 2.05) is 0 Å². The second kappa shape index (κ2) is 3.27. The lowest BCUT2D eigenvalue weighted by atomic mass is 10.2. The van der Waals surface area contributed by atoms with Crippen LogP contribution < -0.4 is 5.73 Å². The van der Waals surface area contributed by atoms with Crippen LogP contribution >= 0.6 is 0 Å². The van der Waals surface area contributed by atoms with Gasteiger partial charge in [-0.2, -0.15) is 5.10 Å². The predicted octanol–water partition coefficient (Wildman–Crippen LogP) is 0.942. The van der Waals surface area contributed by atoms with Crippen LogP contribution in [-0.2, 0) is 11.8 Å². The fourth-order valence-corrected chi connectivity index (χ4v) is 1.52. The van der Waals surface area contributed by atoms with Gasteiger partial charge in [0.1, 0.15) is 0 Å². The minimum atomic E-state index is -0.439. The molecule has 0 aliphatic carbocycles. The number of rotatable bonds is 1. The Morgan fingerprint density at radius 1 is 1.53 bits per heavy atom. The third kappa shape index (κ3) is 1.41. The fraction of sp³-hybridized carbons (Fsp3) is 0.200. The van der Waals surface area contributed by atoms with Gasteiger partial charge in [-0.3, -0.25) is 4.68 Å². The van der Waals surface area contributed by atoms with E-state index in [1.165, 1.54) is 7.11 Å². The third-order valence-corrected chi connectivity index (χ3v) is 2.25. The fourth-order valence-electron chi connectivity index (χ4n) is 1.52. The summed E-state index contributed by atoms with van der Waals surface area (Å²) >= 11 is 0. The Labute approximate surface area is 86.4 Å². The van der Waals surface area contributed by atoms with E-state index in [0.717, 1.165) is 10.9 Å². The van der Waals surface area contributed by atoms with Gasteiger partial charge in [0.05, 0.1) is 12.6 Å². The number of nitrogen functional groups attached to an aromatic ring is 1. The molecular formula is C10H11N3O2. The molecule has 0 amide bonds. The molecule has 5 nitrogen and oxygen atoms in total. The van der Waals surface area contributed by atoms with Crippen molar-refractivity contribution in [3.05, 3.63) is 23.9 Å². The standard InChI is InChI=1S/C10H11N3O2/c1-13-8-5-6(11)3-4-7(8)9(12-13)10(14)15-2/h3-5H,11H2,1-2H3. The number of carbonyl (C=O) groups is 1. The average Bonchev–Trinajstić information content (AvgIpc) is 2.55. The van der Waals surface area contributed by atoms with Gasteiger partial charge in [-0.15, -0.1) is 0 Å². The maximum absolute atomic E-state index is 11.4. The van der Waals surface area contributed by atoms with Gasteiger partial charge >= 0.3 is 5.97 Å². The maximum atomic E-state index is 11.4. The molecule has 15 heavy (non-hydrogen) atoms. The molecule has 1 aromatic carbocycles. The zero-order chi connectivity index (χ0) is 11.0. The molecule has 0 fully saturated rings. The highest BCUT2D eigenvalue weighted by atomic mass is 16.5. The van der Waals surface area contributed by atoms with Crippen molar-refractivity contribution in [3.8, 4) is 0 Å². The molecule has 0 bridgehead atoms. The van der Waals surface area contributed by atoms with Crippen molar-refractivity contribution in [2.45, 2.75) is 0 Å². The van der Waals surface area contributed by atoms with Gasteiger partial charge in [0.15, 0.2) is 5.69 Å². The molecule has 0 unspecified atom stereocenters. The van der Waals surface area contributed by atoms with Crippen LogP contribution in [0.5, 0.6) is 0 Å². The minimum absolute atomic E-state index is 0.315. The van der Waals surface area contributed by atoms with E-state index >= 15 is 0 Å². The summed E-state index contributed by atoms with van der Waals surface area (Å²) < 4.78 is 6.25. The Bertz CT molecular complexity index is 531. The zero-order valence-electron chi connectivity index (χ0n) is 8.52. The first-order valence-corrected chi connectivity index (χ1v) is 4.44. The van der Waals surface area contributed by atoms with Gasteiger partial charge in [0, 0.05) is 18.1 Å². The van der Waals surface area contributed by atoms with E-state index in [0.29, 0.717) is 11.4 Å². The first kappa shape index (κ1) is 9.51. The number of benzene rings is 1. The van der Waals surface area contributed by atoms with Crippen molar-refractivity contribution < 1.29 is 9.53 Å². The van der Waals surface area contributed by atoms with Crippen molar-refractivity contribution >= 4 is 22.6 Å². The van der Waals surface area contributed by atoms with Crippen LogP contribution in [0, 0.1) is 0 Å². The van der Waals surface area contributed by atoms with Crippen LogP contribution in [0.15, 0.2) is 18.2 Å². The number of aromatic nitrogens is 2. The van der Waals surface area contributed by atoms with Crippen molar-refractivity contribution in [3.63, 3.8) is 0 Å². The number of ether oxygens (including phenoxy) is 1. The Morgan fingerprint density at radius 2 is 2.27 bits per heavy atom. The van der Waals surface area contributed by atoms with Gasteiger partial charge < -0.3 is 10.5 Å². The number of aryl methyl sites for hydroxylation is 1. The number of anilines is 1. The van der Waals surface area contributed by atoms with Gasteiger partial charge in [-0.05, 0) is 18.2 Å². The molecule has 1 heterocycles. The molecule has 2 N–H and O–H groups in total. The van der Waals surface area contributed by atoms with Crippen LogP contribution in [-0.4, -0.2) is 22.9 Å². The summed E-state index contributed by atoms with van der Waals surface area (Å²) in [5.41, 5.74) is 7.42. The number of fused-ring (bicyclic) bond motifs is 1. The summed E-state index contributed by atoms with van der Waals surface area (Å²) in [4.78, 5) is 11.4. The predicted molar refractivity (Wildman–Crippen MR) is 56.5 cm³/mol. The monoisotopic (exact) mass is 205 g/mol. The van der Waals surface area contributed by atoms with E-state index in [2.05, 4.69) is 9.84 Å². The number of hydrogen-bond acceptors (Lipinski definition) is 4. The number of nitrogens with two attached hydrogens (primary N) is 1. The molecule has 0 atom stereocenters. The average molecular weight is 205 g/mol. The molecule has 0 saturated carbocycles. The molecule has 0 radical (unpaired) electrons. The second-order valence-corrected chi connectivity index (χ2v) is 3.24. The maximum Gasteiger partial charge on any atom is 0.359 e. The lowest BCUT2D eigenvalue weighted by Gasteiger charge is -1.95. The van der Waals surface area contributed by atoms with Crippen molar-refractivity contribution in [1.29, 1.82) is 0 Å². The number of hydrogen-bond donors (Lipinski definition) is 1. The molecule has 0 saturated heterocycles. The summed E-state index contributed by atoms with van der Waals surface area (Å²) in [6, 6.07) is 5.27. The first-order valence-electron chi connectivity index (χ1n) is 4.44. The molecule has 0 aliphatic heterocycles. The van der Waals surface area contributed by atoms with Crippen LogP contribution in [0.3, 0.4) is 0 Å². The first-order chi connectivity index (χ1) is 7.13. The van der Waals surface area contributed by atoms with E-state index in [4.69, 9.17) is 5.73 Å². The van der Waals surface area contributed by atoms with Crippen LogP contribution in [0.25, 0.3) is 10.9 Å². The quantitative estimate of drug-likeness (QED) is 0.555. The van der Waals surface area contributed by atoms with Crippen molar-refractivity contribution in [2.75, 3.05) is 12.8 Å². The summed E-state index contributed by atoms with van der Waals surface area (Å²) in [6.45, 7) is 0. The minimum Gasteiger partial charge on any atom is -0.464 e. The highest BCUT2D eigenvalue weighted by Crippen LogP contribution is 2.20. The normalized spacial score (nSPS) is 10.5. The number of esters is 1. The van der Waals surface area contributed by atoms with E-state index in [9.17, 15) is 4.79 Å². The summed E-state index contributed by atoms with van der Waals surface area (Å²) in [5, 5.41) is 4.84. The van der Waals surface area contributed by atoms with Crippen molar-refractivity contribution in [2.24, 2.45) is 7.05 Å². The van der Waals surface area contributed by atoms with Crippen molar-refractivity contribution in [1.82, 2.24) is 9.78 Å². The van der Waals surface area contributed by atoms with E-state index < -0.39 is 5.97 Å². The van der Waals surface area contributed by atoms with Gasteiger partial charge in [0.25, 0.3) is 0 Å². The highest BCUT2D eigenvalue weighted by Gasteiger charge is 2.15. The Balaban J connectivity index is 2.73. The SMILES string of the molecule is COC(=O)c1nn(C)c2cc(N)ccc12. The zero-order valence-corrected chi connectivity index (χ0v) is 8.52. The lowest BCUT2D eigenvalue weighted by molar-refractivity contribution is 0.0595. The molecule has 78 valence electrons. The Kier molecular flexibility index (Phi) is 2.07. The van der Waals surface area contributed by atoms with Gasteiger partial charge in [0.2, 0.25) is 0 Å². The Morgan fingerprint density at radius 3 is 2.93 bits per heavy atom. The largest absolute Gasteiger partial charge is 0.464 e.